The fraction of sp³-hybridized carbons (Fsp3) is 0.438. The third-order valence-corrected chi connectivity index (χ3v) is 4.07. The molecular weight excluding hydrogens is 248 g/mol. The average molecular weight is 270 g/mol. The number of imidazole rings is 1. The van der Waals surface area contributed by atoms with Crippen molar-refractivity contribution in [2.45, 2.75) is 18.9 Å². The lowest BCUT2D eigenvalue weighted by Crippen LogP contribution is -2.31. The lowest BCUT2D eigenvalue weighted by molar-refractivity contribution is 0.247. The first-order valence-corrected chi connectivity index (χ1v) is 7.32. The summed E-state index contributed by atoms with van der Waals surface area (Å²) < 4.78 is 2.10. The van der Waals surface area contributed by atoms with E-state index in [1.54, 1.807) is 0 Å². The third-order valence-electron chi connectivity index (χ3n) is 4.07. The van der Waals surface area contributed by atoms with E-state index in [1.807, 2.05) is 18.2 Å². The molecule has 1 aliphatic heterocycles. The highest BCUT2D eigenvalue weighted by Gasteiger charge is 2.24. The van der Waals surface area contributed by atoms with Gasteiger partial charge in [0.2, 0.25) is 0 Å². The number of hydrogen-bond acceptors (Lipinski definition) is 3. The molecule has 0 saturated carbocycles. The minimum Gasteiger partial charge on any atom is -0.334 e. The monoisotopic (exact) mass is 270 g/mol. The maximum Gasteiger partial charge on any atom is 0.140 e. The van der Waals surface area contributed by atoms with Crippen molar-refractivity contribution in [3.05, 3.63) is 42.2 Å². The second-order valence-electron chi connectivity index (χ2n) is 5.46. The summed E-state index contributed by atoms with van der Waals surface area (Å²) in [6.45, 7) is 2.91. The van der Waals surface area contributed by atoms with Crippen molar-refractivity contribution < 1.29 is 0 Å². The first-order valence-electron chi connectivity index (χ1n) is 7.32. The Morgan fingerprint density at radius 2 is 1.90 bits per heavy atom. The van der Waals surface area contributed by atoms with Crippen LogP contribution in [0, 0.1) is 0 Å². The number of aryl methyl sites for hydroxylation is 1. The molecule has 1 saturated heterocycles. The van der Waals surface area contributed by atoms with Gasteiger partial charge >= 0.3 is 0 Å². The predicted octanol–water partition coefficient (Wildman–Crippen LogP) is 2.18. The van der Waals surface area contributed by atoms with Gasteiger partial charge in [-0.25, -0.2) is 4.98 Å². The van der Waals surface area contributed by atoms with Crippen molar-refractivity contribution in [3.63, 3.8) is 0 Å². The third kappa shape index (κ3) is 2.49. The van der Waals surface area contributed by atoms with Crippen molar-refractivity contribution in [1.29, 1.82) is 0 Å². The molecule has 0 bridgehead atoms. The van der Waals surface area contributed by atoms with Crippen LogP contribution >= 0.6 is 0 Å². The first kappa shape index (κ1) is 13.3. The fourth-order valence-corrected chi connectivity index (χ4v) is 3.02. The first-order chi connectivity index (χ1) is 9.79. The van der Waals surface area contributed by atoms with E-state index in [1.165, 1.54) is 12.8 Å². The van der Waals surface area contributed by atoms with Crippen LogP contribution in [-0.2, 0) is 7.05 Å². The van der Waals surface area contributed by atoms with Crippen LogP contribution in [0.25, 0.3) is 11.4 Å². The molecule has 0 radical (unpaired) electrons. The summed E-state index contributed by atoms with van der Waals surface area (Å²) in [7, 11) is 2.05. The number of nitrogens with two attached hydrogens (primary N) is 1. The zero-order chi connectivity index (χ0) is 13.9. The number of rotatable bonds is 4. The van der Waals surface area contributed by atoms with Crippen LogP contribution in [0.4, 0.5) is 0 Å². The van der Waals surface area contributed by atoms with Gasteiger partial charge in [0.15, 0.2) is 0 Å². The van der Waals surface area contributed by atoms with Gasteiger partial charge in [0, 0.05) is 25.4 Å². The molecule has 1 fully saturated rings. The van der Waals surface area contributed by atoms with Crippen LogP contribution in [0.2, 0.25) is 0 Å². The smallest absolute Gasteiger partial charge is 0.140 e. The van der Waals surface area contributed by atoms with Crippen molar-refractivity contribution in [1.82, 2.24) is 14.5 Å². The summed E-state index contributed by atoms with van der Waals surface area (Å²) >= 11 is 0. The van der Waals surface area contributed by atoms with Crippen LogP contribution in [0.1, 0.15) is 24.6 Å². The largest absolute Gasteiger partial charge is 0.334 e. The van der Waals surface area contributed by atoms with Crippen molar-refractivity contribution >= 4 is 0 Å². The van der Waals surface area contributed by atoms with Crippen LogP contribution in [0.15, 0.2) is 36.5 Å². The van der Waals surface area contributed by atoms with Gasteiger partial charge in [-0.3, -0.25) is 4.90 Å². The Labute approximate surface area is 120 Å². The minimum absolute atomic E-state index is 0.251. The summed E-state index contributed by atoms with van der Waals surface area (Å²) in [5, 5.41) is 0. The predicted molar refractivity (Wildman–Crippen MR) is 81.2 cm³/mol. The van der Waals surface area contributed by atoms with Gasteiger partial charge in [-0.05, 0) is 25.9 Å². The molecule has 4 heteroatoms. The maximum atomic E-state index is 5.99. The fourth-order valence-electron chi connectivity index (χ4n) is 3.02. The highest BCUT2D eigenvalue weighted by molar-refractivity contribution is 5.55. The van der Waals surface area contributed by atoms with Gasteiger partial charge in [0.05, 0.1) is 11.7 Å². The normalized spacial score (nSPS) is 17.5. The molecule has 0 amide bonds. The highest BCUT2D eigenvalue weighted by atomic mass is 15.2. The Kier molecular flexibility index (Phi) is 3.85. The van der Waals surface area contributed by atoms with E-state index < -0.39 is 0 Å². The van der Waals surface area contributed by atoms with E-state index in [9.17, 15) is 0 Å². The molecule has 0 spiro atoms. The summed E-state index contributed by atoms with van der Waals surface area (Å²) in [6.07, 6.45) is 4.67. The number of benzene rings is 1. The number of hydrogen-bond donors (Lipinski definition) is 1. The number of nitrogens with zero attached hydrogens (tertiary/aromatic N) is 3. The molecule has 4 nitrogen and oxygen atoms in total. The molecule has 3 rings (SSSR count). The zero-order valence-electron chi connectivity index (χ0n) is 12.0. The summed E-state index contributed by atoms with van der Waals surface area (Å²) in [6, 6.07) is 10.6. The molecule has 1 aromatic carbocycles. The summed E-state index contributed by atoms with van der Waals surface area (Å²) in [5.74, 6) is 1.01. The standard InChI is InChI=1S/C16H22N4/c1-19-12-14(15(11-17)20-9-5-6-10-20)18-16(19)13-7-3-2-4-8-13/h2-4,7-8,12,15H,5-6,9-11,17H2,1H3. The Morgan fingerprint density at radius 3 is 2.55 bits per heavy atom. The van der Waals surface area contributed by atoms with Gasteiger partial charge < -0.3 is 10.3 Å². The summed E-state index contributed by atoms with van der Waals surface area (Å²) in [5.41, 5.74) is 8.24. The van der Waals surface area contributed by atoms with E-state index >= 15 is 0 Å². The van der Waals surface area contributed by atoms with Crippen LogP contribution in [-0.4, -0.2) is 34.1 Å². The maximum absolute atomic E-state index is 5.99. The van der Waals surface area contributed by atoms with E-state index in [-0.39, 0.29) is 6.04 Å². The molecule has 1 atom stereocenters. The lowest BCUT2D eigenvalue weighted by atomic mass is 10.2. The highest BCUT2D eigenvalue weighted by Crippen LogP contribution is 2.26. The topological polar surface area (TPSA) is 47.1 Å². The Bertz CT molecular complexity index is 555. The molecule has 20 heavy (non-hydrogen) atoms. The summed E-state index contributed by atoms with van der Waals surface area (Å²) in [4.78, 5) is 7.29. The van der Waals surface area contributed by atoms with Crippen molar-refractivity contribution in [2.24, 2.45) is 12.8 Å². The van der Waals surface area contributed by atoms with Gasteiger partial charge in [0.1, 0.15) is 5.82 Å². The lowest BCUT2D eigenvalue weighted by Gasteiger charge is -2.24. The van der Waals surface area contributed by atoms with Gasteiger partial charge in [-0.2, -0.15) is 0 Å². The minimum atomic E-state index is 0.251. The Balaban J connectivity index is 1.91. The second-order valence-corrected chi connectivity index (χ2v) is 5.46. The van der Waals surface area contributed by atoms with Crippen LogP contribution in [0.3, 0.4) is 0 Å². The van der Waals surface area contributed by atoms with Crippen LogP contribution < -0.4 is 5.73 Å². The van der Waals surface area contributed by atoms with Gasteiger partial charge in [-0.15, -0.1) is 0 Å². The van der Waals surface area contributed by atoms with Crippen molar-refractivity contribution in [3.8, 4) is 11.4 Å². The average Bonchev–Trinajstić information content (AvgIpc) is 3.11. The molecule has 2 heterocycles. The molecule has 1 unspecified atom stereocenters. The molecule has 106 valence electrons. The molecule has 1 aliphatic rings. The molecule has 1 aromatic heterocycles. The van der Waals surface area contributed by atoms with E-state index in [4.69, 9.17) is 10.7 Å². The molecular formula is C16H22N4. The van der Waals surface area contributed by atoms with E-state index in [2.05, 4.69) is 34.8 Å². The van der Waals surface area contributed by atoms with Crippen molar-refractivity contribution in [2.75, 3.05) is 19.6 Å². The Morgan fingerprint density at radius 1 is 1.20 bits per heavy atom. The number of aromatic nitrogens is 2. The zero-order valence-corrected chi connectivity index (χ0v) is 12.0. The second kappa shape index (κ2) is 5.77. The quantitative estimate of drug-likeness (QED) is 0.926. The molecule has 2 N–H and O–H groups in total. The number of likely N-dealkylation sites (tertiary alicyclic amines) is 1. The van der Waals surface area contributed by atoms with E-state index in [0.717, 1.165) is 30.2 Å². The molecule has 2 aromatic rings. The Hall–Kier alpha value is -1.65. The van der Waals surface area contributed by atoms with Gasteiger partial charge in [0.25, 0.3) is 0 Å². The molecule has 0 aliphatic carbocycles. The van der Waals surface area contributed by atoms with E-state index in [0.29, 0.717) is 6.54 Å². The SMILES string of the molecule is Cn1cc(C(CN)N2CCCC2)nc1-c1ccccc1. The van der Waals surface area contributed by atoms with Gasteiger partial charge in [-0.1, -0.05) is 30.3 Å². The van der Waals surface area contributed by atoms with Crippen LogP contribution in [0.5, 0.6) is 0 Å².